The summed E-state index contributed by atoms with van der Waals surface area (Å²) >= 11 is 18.6. The van der Waals surface area contributed by atoms with E-state index >= 15 is 0 Å². The number of amides is 1. The normalized spacial score (nSPS) is 11.4. The van der Waals surface area contributed by atoms with Crippen molar-refractivity contribution in [2.45, 2.75) is 16.1 Å². The SMILES string of the molecule is O=C(Nc1ccc(Sc2ncc(C(F)(F)F)cc2Cl)cc1)c1ccc(Cl)nc1Cl. The lowest BCUT2D eigenvalue weighted by Gasteiger charge is -2.10. The first-order valence-corrected chi connectivity index (χ1v) is 9.72. The molecule has 29 heavy (non-hydrogen) atoms. The molecule has 11 heteroatoms. The van der Waals surface area contributed by atoms with E-state index < -0.39 is 17.6 Å². The fraction of sp³-hybridized carbons (Fsp3) is 0.0556. The van der Waals surface area contributed by atoms with Gasteiger partial charge in [0.15, 0.2) is 0 Å². The molecule has 0 aliphatic carbocycles. The van der Waals surface area contributed by atoms with E-state index in [1.54, 1.807) is 24.3 Å². The van der Waals surface area contributed by atoms with Crippen molar-refractivity contribution in [2.24, 2.45) is 0 Å². The number of carbonyl (C=O) groups is 1. The largest absolute Gasteiger partial charge is 0.417 e. The van der Waals surface area contributed by atoms with Crippen LogP contribution in [-0.4, -0.2) is 15.9 Å². The van der Waals surface area contributed by atoms with Crippen molar-refractivity contribution in [2.75, 3.05) is 5.32 Å². The molecule has 1 aromatic carbocycles. The molecule has 0 saturated carbocycles. The van der Waals surface area contributed by atoms with E-state index in [9.17, 15) is 18.0 Å². The summed E-state index contributed by atoms with van der Waals surface area (Å²) in [5, 5.41) is 2.94. The van der Waals surface area contributed by atoms with Gasteiger partial charge in [-0.3, -0.25) is 4.79 Å². The lowest BCUT2D eigenvalue weighted by atomic mass is 10.2. The quantitative estimate of drug-likeness (QED) is 0.416. The van der Waals surface area contributed by atoms with E-state index in [0.29, 0.717) is 10.6 Å². The van der Waals surface area contributed by atoms with E-state index in [4.69, 9.17) is 34.8 Å². The first-order valence-electron chi connectivity index (χ1n) is 7.77. The van der Waals surface area contributed by atoms with Gasteiger partial charge in [0.25, 0.3) is 5.91 Å². The Morgan fingerprint density at radius 1 is 1.03 bits per heavy atom. The maximum atomic E-state index is 12.7. The van der Waals surface area contributed by atoms with Crippen molar-refractivity contribution in [3.63, 3.8) is 0 Å². The second-order valence-corrected chi connectivity index (χ2v) is 7.78. The highest BCUT2D eigenvalue weighted by atomic mass is 35.5. The minimum Gasteiger partial charge on any atom is -0.322 e. The molecule has 4 nitrogen and oxygen atoms in total. The molecule has 0 aliphatic heterocycles. The summed E-state index contributed by atoms with van der Waals surface area (Å²) in [4.78, 5) is 20.5. The molecule has 0 spiro atoms. The molecule has 3 rings (SSSR count). The summed E-state index contributed by atoms with van der Waals surface area (Å²) in [6.07, 6.45) is -3.78. The van der Waals surface area contributed by atoms with E-state index in [0.717, 1.165) is 24.0 Å². The van der Waals surface area contributed by atoms with Crippen LogP contribution in [0.2, 0.25) is 15.3 Å². The fourth-order valence-corrected chi connectivity index (χ4v) is 3.62. The lowest BCUT2D eigenvalue weighted by molar-refractivity contribution is -0.137. The summed E-state index contributed by atoms with van der Waals surface area (Å²) in [5.41, 5.74) is -0.271. The van der Waals surface area contributed by atoms with Crippen LogP contribution in [0.3, 0.4) is 0 Å². The first kappa shape index (κ1) is 21.7. The highest BCUT2D eigenvalue weighted by Gasteiger charge is 2.31. The average Bonchev–Trinajstić information content (AvgIpc) is 2.64. The monoisotopic (exact) mass is 477 g/mol. The van der Waals surface area contributed by atoms with Gasteiger partial charge in [-0.1, -0.05) is 46.6 Å². The Balaban J connectivity index is 1.70. The molecule has 0 fully saturated rings. The summed E-state index contributed by atoms with van der Waals surface area (Å²) < 4.78 is 38.1. The predicted molar refractivity (Wildman–Crippen MR) is 107 cm³/mol. The zero-order valence-corrected chi connectivity index (χ0v) is 17.2. The number of nitrogens with one attached hydrogen (secondary N) is 1. The van der Waals surface area contributed by atoms with Crippen molar-refractivity contribution in [1.29, 1.82) is 0 Å². The first-order chi connectivity index (χ1) is 13.6. The van der Waals surface area contributed by atoms with Gasteiger partial charge in [0.2, 0.25) is 0 Å². The zero-order chi connectivity index (χ0) is 21.2. The summed E-state index contributed by atoms with van der Waals surface area (Å²) in [5.74, 6) is -0.466. The molecule has 1 amide bonds. The molecule has 0 radical (unpaired) electrons. The number of pyridine rings is 2. The molecule has 0 atom stereocenters. The molecule has 0 saturated heterocycles. The van der Waals surface area contributed by atoms with Crippen LogP contribution < -0.4 is 5.32 Å². The highest BCUT2D eigenvalue weighted by molar-refractivity contribution is 7.99. The van der Waals surface area contributed by atoms with Crippen LogP contribution in [-0.2, 0) is 6.18 Å². The number of aromatic nitrogens is 2. The third kappa shape index (κ3) is 5.54. The van der Waals surface area contributed by atoms with Crippen molar-refractivity contribution in [3.8, 4) is 0 Å². The molecule has 3 aromatic rings. The third-order valence-electron chi connectivity index (χ3n) is 3.52. The van der Waals surface area contributed by atoms with E-state index in [1.165, 1.54) is 12.1 Å². The van der Waals surface area contributed by atoms with Crippen LogP contribution in [0.25, 0.3) is 0 Å². The topological polar surface area (TPSA) is 54.9 Å². The summed E-state index contributed by atoms with van der Waals surface area (Å²) in [6.45, 7) is 0. The van der Waals surface area contributed by atoms with Crippen LogP contribution in [0.5, 0.6) is 0 Å². The number of benzene rings is 1. The number of anilines is 1. The Hall–Kier alpha value is -2.00. The van der Waals surface area contributed by atoms with Crippen LogP contribution in [0.15, 0.2) is 58.6 Å². The number of hydrogen-bond donors (Lipinski definition) is 1. The Bertz CT molecular complexity index is 1060. The Morgan fingerprint density at radius 2 is 1.72 bits per heavy atom. The molecule has 150 valence electrons. The molecule has 0 unspecified atom stereocenters. The lowest BCUT2D eigenvalue weighted by Crippen LogP contribution is -2.12. The van der Waals surface area contributed by atoms with Crippen molar-refractivity contribution in [3.05, 3.63) is 75.1 Å². The van der Waals surface area contributed by atoms with Gasteiger partial charge in [0.05, 0.1) is 16.1 Å². The van der Waals surface area contributed by atoms with Gasteiger partial charge in [-0.15, -0.1) is 0 Å². The van der Waals surface area contributed by atoms with Gasteiger partial charge in [-0.05, 0) is 42.5 Å². The molecular formula is C18H9Cl3F3N3OS. The number of halogens is 6. The standard InChI is InChI=1S/C18H9Cl3F3N3OS/c19-13-7-9(18(22,23)24)8-25-17(13)29-11-3-1-10(2-4-11)26-16(28)12-5-6-14(20)27-15(12)21/h1-8H,(H,26,28). The van der Waals surface area contributed by atoms with Crippen molar-refractivity contribution < 1.29 is 18.0 Å². The number of rotatable bonds is 4. The number of carbonyl (C=O) groups excluding carboxylic acids is 1. The minimum atomic E-state index is -4.51. The van der Waals surface area contributed by atoms with Gasteiger partial charge in [0, 0.05) is 16.8 Å². The van der Waals surface area contributed by atoms with Gasteiger partial charge < -0.3 is 5.32 Å². The predicted octanol–water partition coefficient (Wildman–Crippen LogP) is 6.86. The van der Waals surface area contributed by atoms with E-state index in [-0.39, 0.29) is 25.9 Å². The molecule has 2 heterocycles. The molecule has 1 N–H and O–H groups in total. The van der Waals surface area contributed by atoms with Crippen LogP contribution in [0.4, 0.5) is 18.9 Å². The Morgan fingerprint density at radius 3 is 2.31 bits per heavy atom. The van der Waals surface area contributed by atoms with Gasteiger partial charge in [-0.25, -0.2) is 9.97 Å². The van der Waals surface area contributed by atoms with Crippen LogP contribution in [0, 0.1) is 0 Å². The second kappa shape index (κ2) is 8.79. The van der Waals surface area contributed by atoms with Crippen molar-refractivity contribution >= 4 is 58.2 Å². The number of alkyl halides is 3. The average molecular weight is 479 g/mol. The zero-order valence-electron chi connectivity index (χ0n) is 14.1. The molecule has 2 aromatic heterocycles. The smallest absolute Gasteiger partial charge is 0.322 e. The molecular weight excluding hydrogens is 470 g/mol. The van der Waals surface area contributed by atoms with Gasteiger partial charge in [-0.2, -0.15) is 13.2 Å². The van der Waals surface area contributed by atoms with Gasteiger partial charge >= 0.3 is 6.18 Å². The van der Waals surface area contributed by atoms with E-state index in [1.807, 2.05) is 0 Å². The molecule has 0 aliphatic rings. The fourth-order valence-electron chi connectivity index (χ4n) is 2.15. The Labute approximate surface area is 182 Å². The molecule has 0 bridgehead atoms. The van der Waals surface area contributed by atoms with Crippen LogP contribution >= 0.6 is 46.6 Å². The van der Waals surface area contributed by atoms with Crippen LogP contribution in [0.1, 0.15) is 15.9 Å². The summed E-state index contributed by atoms with van der Waals surface area (Å²) in [6, 6.07) is 10.3. The maximum Gasteiger partial charge on any atom is 0.417 e. The maximum absolute atomic E-state index is 12.7. The highest BCUT2D eigenvalue weighted by Crippen LogP contribution is 2.36. The minimum absolute atomic E-state index is 0.0230. The third-order valence-corrected chi connectivity index (χ3v) is 5.45. The summed E-state index contributed by atoms with van der Waals surface area (Å²) in [7, 11) is 0. The Kier molecular flexibility index (Phi) is 6.58. The van der Waals surface area contributed by atoms with Gasteiger partial charge in [0.1, 0.15) is 15.3 Å². The van der Waals surface area contributed by atoms with Crippen molar-refractivity contribution in [1.82, 2.24) is 9.97 Å². The number of hydrogen-bond acceptors (Lipinski definition) is 4. The van der Waals surface area contributed by atoms with E-state index in [2.05, 4.69) is 15.3 Å². The number of nitrogens with zero attached hydrogens (tertiary/aromatic N) is 2. The second-order valence-electron chi connectivity index (χ2n) is 5.56.